The Kier molecular flexibility index (Phi) is 3.46. The molecule has 0 aliphatic carbocycles. The molecule has 1 fully saturated rings. The van der Waals surface area contributed by atoms with Gasteiger partial charge in [-0.25, -0.2) is 4.79 Å². The van der Waals surface area contributed by atoms with Crippen molar-refractivity contribution in [2.45, 2.75) is 26.1 Å². The monoisotopic (exact) mass is 201 g/mol. The van der Waals surface area contributed by atoms with Gasteiger partial charge in [-0.05, 0) is 13.8 Å². The van der Waals surface area contributed by atoms with E-state index in [-0.39, 0.29) is 12.2 Å². The van der Waals surface area contributed by atoms with Gasteiger partial charge in [0, 0.05) is 13.1 Å². The number of ether oxygens (including phenoxy) is 2. The third kappa shape index (κ3) is 2.45. The molecule has 1 aliphatic rings. The van der Waals surface area contributed by atoms with Gasteiger partial charge >= 0.3 is 11.9 Å². The number of amides is 1. The highest BCUT2D eigenvalue weighted by Crippen LogP contribution is 2.10. The Labute approximate surface area is 83.0 Å². The lowest BCUT2D eigenvalue weighted by Gasteiger charge is -2.34. The summed E-state index contributed by atoms with van der Waals surface area (Å²) in [6.45, 7) is 4.62. The lowest BCUT2D eigenvalue weighted by molar-refractivity contribution is -0.163. The zero-order chi connectivity index (χ0) is 10.7. The molecule has 0 N–H and O–H groups in total. The summed E-state index contributed by atoms with van der Waals surface area (Å²) in [6, 6.07) is 0. The lowest BCUT2D eigenvalue weighted by Crippen LogP contribution is -2.50. The first-order valence-corrected chi connectivity index (χ1v) is 4.57. The van der Waals surface area contributed by atoms with Crippen LogP contribution >= 0.6 is 0 Å². The van der Waals surface area contributed by atoms with Gasteiger partial charge in [0.2, 0.25) is 0 Å². The van der Waals surface area contributed by atoms with E-state index >= 15 is 0 Å². The molecule has 1 amide bonds. The zero-order valence-corrected chi connectivity index (χ0v) is 8.65. The molecular formula is C9H15NO4. The predicted octanol–water partition coefficient (Wildman–Crippen LogP) is -0.205. The van der Waals surface area contributed by atoms with Crippen LogP contribution in [0.5, 0.6) is 0 Å². The van der Waals surface area contributed by atoms with Crippen molar-refractivity contribution in [3.05, 3.63) is 0 Å². The fraction of sp³-hybridized carbons (Fsp3) is 0.778. The van der Waals surface area contributed by atoms with E-state index in [1.54, 1.807) is 0 Å². The van der Waals surface area contributed by atoms with Crippen LogP contribution < -0.4 is 0 Å². The first-order chi connectivity index (χ1) is 6.54. The molecule has 1 rings (SSSR count). The Bertz CT molecular complexity index is 231. The highest BCUT2D eigenvalue weighted by atomic mass is 16.5. The van der Waals surface area contributed by atoms with Gasteiger partial charge in [0.25, 0.3) is 0 Å². The highest BCUT2D eigenvalue weighted by Gasteiger charge is 2.29. The van der Waals surface area contributed by atoms with E-state index in [1.807, 2.05) is 13.8 Å². The molecule has 0 bridgehead atoms. The smallest absolute Gasteiger partial charge is 0.396 e. The summed E-state index contributed by atoms with van der Waals surface area (Å²) < 4.78 is 9.80. The van der Waals surface area contributed by atoms with Crippen LogP contribution in [-0.4, -0.2) is 49.2 Å². The normalized spacial score (nSPS) is 27.2. The largest absolute Gasteiger partial charge is 0.462 e. The van der Waals surface area contributed by atoms with Gasteiger partial charge in [-0.3, -0.25) is 4.79 Å². The van der Waals surface area contributed by atoms with E-state index in [0.29, 0.717) is 13.1 Å². The molecule has 1 aliphatic heterocycles. The maximum atomic E-state index is 11.4. The van der Waals surface area contributed by atoms with Gasteiger partial charge in [0.15, 0.2) is 0 Å². The van der Waals surface area contributed by atoms with E-state index < -0.39 is 11.9 Å². The molecular weight excluding hydrogens is 186 g/mol. The summed E-state index contributed by atoms with van der Waals surface area (Å²) in [7, 11) is 1.20. The summed E-state index contributed by atoms with van der Waals surface area (Å²) >= 11 is 0. The first-order valence-electron chi connectivity index (χ1n) is 4.57. The molecule has 80 valence electrons. The van der Waals surface area contributed by atoms with Crippen molar-refractivity contribution in [3.63, 3.8) is 0 Å². The molecule has 0 unspecified atom stereocenters. The summed E-state index contributed by atoms with van der Waals surface area (Å²) in [4.78, 5) is 23.8. The van der Waals surface area contributed by atoms with Crippen molar-refractivity contribution in [1.29, 1.82) is 0 Å². The van der Waals surface area contributed by atoms with Gasteiger partial charge in [-0.1, -0.05) is 0 Å². The van der Waals surface area contributed by atoms with Crippen LogP contribution in [-0.2, 0) is 19.1 Å². The predicted molar refractivity (Wildman–Crippen MR) is 48.6 cm³/mol. The average molecular weight is 201 g/mol. The van der Waals surface area contributed by atoms with Crippen LogP contribution in [0, 0.1) is 0 Å². The number of nitrogens with zero attached hydrogens (tertiary/aromatic N) is 1. The minimum Gasteiger partial charge on any atom is -0.462 e. The molecule has 5 nitrogen and oxygen atoms in total. The minimum absolute atomic E-state index is 0.0349. The molecule has 0 aromatic rings. The van der Waals surface area contributed by atoms with Crippen LogP contribution in [0.3, 0.4) is 0 Å². The van der Waals surface area contributed by atoms with Gasteiger partial charge in [0.05, 0.1) is 19.3 Å². The highest BCUT2D eigenvalue weighted by molar-refractivity contribution is 6.32. The second-order valence-corrected chi connectivity index (χ2v) is 3.46. The van der Waals surface area contributed by atoms with Crippen molar-refractivity contribution in [2.24, 2.45) is 0 Å². The number of morpholine rings is 1. The molecule has 14 heavy (non-hydrogen) atoms. The summed E-state index contributed by atoms with van der Waals surface area (Å²) in [5.74, 6) is -1.40. The third-order valence-corrected chi connectivity index (χ3v) is 2.07. The van der Waals surface area contributed by atoms with Crippen LogP contribution in [0.25, 0.3) is 0 Å². The summed E-state index contributed by atoms with van der Waals surface area (Å²) in [5.41, 5.74) is 0. The van der Waals surface area contributed by atoms with E-state index in [1.165, 1.54) is 12.0 Å². The summed E-state index contributed by atoms with van der Waals surface area (Å²) in [5, 5.41) is 0. The van der Waals surface area contributed by atoms with Gasteiger partial charge in [-0.2, -0.15) is 0 Å². The second kappa shape index (κ2) is 4.41. The summed E-state index contributed by atoms with van der Waals surface area (Å²) in [6.07, 6.45) is -0.0697. The number of esters is 1. The molecule has 1 saturated heterocycles. The van der Waals surface area contributed by atoms with E-state index in [4.69, 9.17) is 4.74 Å². The number of hydrogen-bond donors (Lipinski definition) is 0. The van der Waals surface area contributed by atoms with Crippen molar-refractivity contribution >= 4 is 11.9 Å². The van der Waals surface area contributed by atoms with Crippen molar-refractivity contribution < 1.29 is 19.1 Å². The molecule has 2 atom stereocenters. The second-order valence-electron chi connectivity index (χ2n) is 3.46. The molecule has 0 spiro atoms. The fourth-order valence-corrected chi connectivity index (χ4v) is 1.56. The number of rotatable bonds is 0. The van der Waals surface area contributed by atoms with Crippen LogP contribution in [0.1, 0.15) is 13.8 Å². The van der Waals surface area contributed by atoms with Gasteiger partial charge < -0.3 is 14.4 Å². The van der Waals surface area contributed by atoms with Crippen molar-refractivity contribution in [1.82, 2.24) is 4.90 Å². The van der Waals surface area contributed by atoms with Crippen LogP contribution in [0.15, 0.2) is 0 Å². The quantitative estimate of drug-likeness (QED) is 0.402. The zero-order valence-electron chi connectivity index (χ0n) is 8.65. The van der Waals surface area contributed by atoms with Crippen molar-refractivity contribution in [3.8, 4) is 0 Å². The van der Waals surface area contributed by atoms with E-state index in [9.17, 15) is 9.59 Å². The fourth-order valence-electron chi connectivity index (χ4n) is 1.56. The third-order valence-electron chi connectivity index (χ3n) is 2.07. The Morgan fingerprint density at radius 2 is 1.79 bits per heavy atom. The van der Waals surface area contributed by atoms with Gasteiger partial charge in [-0.15, -0.1) is 0 Å². The topological polar surface area (TPSA) is 55.8 Å². The maximum absolute atomic E-state index is 11.4. The number of carbonyl (C=O) groups excluding carboxylic acids is 2. The van der Waals surface area contributed by atoms with Gasteiger partial charge in [0.1, 0.15) is 0 Å². The Morgan fingerprint density at radius 1 is 1.29 bits per heavy atom. The van der Waals surface area contributed by atoms with E-state index in [0.717, 1.165) is 0 Å². The lowest BCUT2D eigenvalue weighted by atomic mass is 10.2. The standard InChI is InChI=1S/C9H15NO4/c1-6-4-10(5-7(2)14-6)8(11)9(12)13-3/h6-7H,4-5H2,1-3H3/t6-,7+. The van der Waals surface area contributed by atoms with Crippen LogP contribution in [0.2, 0.25) is 0 Å². The number of hydrogen-bond acceptors (Lipinski definition) is 4. The number of carbonyl (C=O) groups is 2. The first kappa shape index (κ1) is 11.0. The molecule has 0 saturated carbocycles. The van der Waals surface area contributed by atoms with Crippen molar-refractivity contribution in [2.75, 3.05) is 20.2 Å². The Morgan fingerprint density at radius 3 is 2.21 bits per heavy atom. The van der Waals surface area contributed by atoms with E-state index in [2.05, 4.69) is 4.74 Å². The average Bonchev–Trinajstić information content (AvgIpc) is 2.14. The molecule has 0 radical (unpaired) electrons. The molecule has 5 heteroatoms. The Balaban J connectivity index is 2.59. The molecule has 0 aromatic heterocycles. The maximum Gasteiger partial charge on any atom is 0.396 e. The number of methoxy groups -OCH3 is 1. The molecule has 0 aromatic carbocycles. The SMILES string of the molecule is COC(=O)C(=O)N1C[C@@H](C)O[C@@H](C)C1. The Hall–Kier alpha value is -1.10. The van der Waals surface area contributed by atoms with Crippen LogP contribution in [0.4, 0.5) is 0 Å². The minimum atomic E-state index is -0.814. The molecule has 1 heterocycles.